The van der Waals surface area contributed by atoms with Gasteiger partial charge in [0, 0.05) is 6.54 Å². The summed E-state index contributed by atoms with van der Waals surface area (Å²) in [5.41, 5.74) is 2.38. The molecule has 1 heterocycles. The van der Waals surface area contributed by atoms with E-state index >= 15 is 0 Å². The van der Waals surface area contributed by atoms with Gasteiger partial charge >= 0.3 is 0 Å². The quantitative estimate of drug-likeness (QED) is 0.307. The number of ether oxygens (including phenoxy) is 1. The molecule has 1 saturated heterocycles. The summed E-state index contributed by atoms with van der Waals surface area (Å²) in [6.45, 7) is 3.78. The van der Waals surface area contributed by atoms with Crippen molar-refractivity contribution in [1.82, 2.24) is 4.90 Å². The fraction of sp³-hybridized carbons (Fsp3) is 0.231. The van der Waals surface area contributed by atoms with Gasteiger partial charge in [-0.1, -0.05) is 42.5 Å². The van der Waals surface area contributed by atoms with Crippen molar-refractivity contribution in [2.45, 2.75) is 12.8 Å². The normalized spacial score (nSPS) is 14.8. The average molecular weight is 431 g/mol. The van der Waals surface area contributed by atoms with Crippen LogP contribution >= 0.6 is 0 Å². The summed E-state index contributed by atoms with van der Waals surface area (Å²) in [6.07, 6.45) is 2.50. The molecule has 32 heavy (non-hydrogen) atoms. The molecule has 0 amide bonds. The molecule has 0 bridgehead atoms. The molecule has 164 valence electrons. The molecule has 4 rings (SSSR count). The SMILES string of the molecule is O=[N+]([O-])/C(=C(\c1ccc(O)cc1)c1ccc(OCCN2CCCC2)cc1)c1ccccc1. The highest BCUT2D eigenvalue weighted by Gasteiger charge is 2.24. The number of hydrogen-bond acceptors (Lipinski definition) is 5. The van der Waals surface area contributed by atoms with Crippen LogP contribution in [0.1, 0.15) is 29.5 Å². The van der Waals surface area contributed by atoms with E-state index in [0.29, 0.717) is 28.9 Å². The van der Waals surface area contributed by atoms with Gasteiger partial charge in [-0.25, -0.2) is 0 Å². The van der Waals surface area contributed by atoms with Crippen LogP contribution in [-0.4, -0.2) is 41.2 Å². The Hall–Kier alpha value is -3.64. The van der Waals surface area contributed by atoms with E-state index in [0.717, 1.165) is 25.4 Å². The number of hydrogen-bond donors (Lipinski definition) is 1. The number of nitrogens with zero attached hydrogens (tertiary/aromatic N) is 2. The first-order chi connectivity index (χ1) is 15.6. The Labute approximate surface area is 187 Å². The summed E-state index contributed by atoms with van der Waals surface area (Å²) in [7, 11) is 0. The van der Waals surface area contributed by atoms with Crippen molar-refractivity contribution in [1.29, 1.82) is 0 Å². The maximum absolute atomic E-state index is 12.2. The van der Waals surface area contributed by atoms with Gasteiger partial charge < -0.3 is 9.84 Å². The maximum atomic E-state index is 12.2. The largest absolute Gasteiger partial charge is 0.508 e. The number of aromatic hydroxyl groups is 1. The Kier molecular flexibility index (Phi) is 6.82. The first-order valence-electron chi connectivity index (χ1n) is 10.8. The van der Waals surface area contributed by atoms with E-state index in [1.54, 1.807) is 36.4 Å². The lowest BCUT2D eigenvalue weighted by atomic mass is 9.93. The summed E-state index contributed by atoms with van der Waals surface area (Å²) in [4.78, 5) is 14.2. The number of nitro groups is 1. The van der Waals surface area contributed by atoms with Crippen molar-refractivity contribution in [3.05, 3.63) is 106 Å². The highest BCUT2D eigenvalue weighted by molar-refractivity contribution is 5.95. The highest BCUT2D eigenvalue weighted by Crippen LogP contribution is 2.34. The van der Waals surface area contributed by atoms with Crippen LogP contribution in [0.4, 0.5) is 0 Å². The van der Waals surface area contributed by atoms with E-state index in [4.69, 9.17) is 4.74 Å². The Bertz CT molecular complexity index is 1070. The Morgan fingerprint density at radius 2 is 1.47 bits per heavy atom. The molecule has 1 aliphatic heterocycles. The van der Waals surface area contributed by atoms with Crippen molar-refractivity contribution in [3.8, 4) is 11.5 Å². The Morgan fingerprint density at radius 1 is 0.875 bits per heavy atom. The van der Waals surface area contributed by atoms with E-state index in [-0.39, 0.29) is 16.4 Å². The molecule has 0 radical (unpaired) electrons. The van der Waals surface area contributed by atoms with Crippen molar-refractivity contribution < 1.29 is 14.8 Å². The second-order valence-electron chi connectivity index (χ2n) is 7.82. The molecule has 0 spiro atoms. The number of phenolic OH excluding ortho intramolecular Hbond substituents is 1. The minimum atomic E-state index is -0.349. The van der Waals surface area contributed by atoms with Crippen molar-refractivity contribution in [3.63, 3.8) is 0 Å². The van der Waals surface area contributed by atoms with Gasteiger partial charge in [-0.15, -0.1) is 0 Å². The van der Waals surface area contributed by atoms with E-state index < -0.39 is 0 Å². The fourth-order valence-electron chi connectivity index (χ4n) is 4.02. The van der Waals surface area contributed by atoms with Gasteiger partial charge in [0.15, 0.2) is 0 Å². The smallest absolute Gasteiger partial charge is 0.284 e. The van der Waals surface area contributed by atoms with Crippen LogP contribution in [0.15, 0.2) is 78.9 Å². The molecule has 0 aromatic heterocycles. The van der Waals surface area contributed by atoms with Crippen molar-refractivity contribution in [2.75, 3.05) is 26.2 Å². The molecule has 6 nitrogen and oxygen atoms in total. The van der Waals surface area contributed by atoms with E-state index in [1.807, 2.05) is 30.3 Å². The van der Waals surface area contributed by atoms with Crippen LogP contribution < -0.4 is 4.74 Å². The fourth-order valence-corrected chi connectivity index (χ4v) is 4.02. The molecule has 1 aliphatic rings. The third-order valence-electron chi connectivity index (χ3n) is 5.64. The number of likely N-dealkylation sites (tertiary alicyclic amines) is 1. The molecular weight excluding hydrogens is 404 g/mol. The molecule has 1 fully saturated rings. The second kappa shape index (κ2) is 10.1. The van der Waals surface area contributed by atoms with Crippen LogP contribution in [0.2, 0.25) is 0 Å². The van der Waals surface area contributed by atoms with Crippen molar-refractivity contribution >= 4 is 11.3 Å². The maximum Gasteiger partial charge on any atom is 0.284 e. The lowest BCUT2D eigenvalue weighted by Crippen LogP contribution is -2.25. The molecular formula is C26H26N2O4. The standard InChI is InChI=1S/C26H26N2O4/c29-23-12-8-20(9-13-23)25(26(28(30)31)22-6-2-1-3-7-22)21-10-14-24(15-11-21)32-19-18-27-16-4-5-17-27/h1-3,6-15,29H,4-5,16-19H2/b26-25+. The number of rotatable bonds is 8. The monoisotopic (exact) mass is 430 g/mol. The van der Waals surface area contributed by atoms with Crippen LogP contribution in [0.3, 0.4) is 0 Å². The summed E-state index contributed by atoms with van der Waals surface area (Å²) in [5.74, 6) is 0.845. The Morgan fingerprint density at radius 3 is 2.06 bits per heavy atom. The van der Waals surface area contributed by atoms with Gasteiger partial charge in [-0.3, -0.25) is 15.0 Å². The van der Waals surface area contributed by atoms with Gasteiger partial charge in [-0.2, -0.15) is 0 Å². The number of phenols is 1. The van der Waals surface area contributed by atoms with E-state index in [1.165, 1.54) is 25.0 Å². The zero-order valence-corrected chi connectivity index (χ0v) is 17.8. The first kappa shape index (κ1) is 21.6. The van der Waals surface area contributed by atoms with Crippen LogP contribution in [0.25, 0.3) is 11.3 Å². The minimum Gasteiger partial charge on any atom is -0.508 e. The third-order valence-corrected chi connectivity index (χ3v) is 5.64. The predicted octanol–water partition coefficient (Wildman–Crippen LogP) is 5.06. The third kappa shape index (κ3) is 5.15. The molecule has 0 aliphatic carbocycles. The van der Waals surface area contributed by atoms with Gasteiger partial charge in [0.25, 0.3) is 5.70 Å². The van der Waals surface area contributed by atoms with Gasteiger partial charge in [0.05, 0.1) is 16.1 Å². The zero-order valence-electron chi connectivity index (χ0n) is 17.8. The molecule has 6 heteroatoms. The molecule has 0 saturated carbocycles. The van der Waals surface area contributed by atoms with Crippen LogP contribution in [0, 0.1) is 10.1 Å². The number of benzene rings is 3. The zero-order chi connectivity index (χ0) is 22.3. The van der Waals surface area contributed by atoms with Crippen LogP contribution in [-0.2, 0) is 0 Å². The van der Waals surface area contributed by atoms with E-state index in [2.05, 4.69) is 4.90 Å². The molecule has 0 unspecified atom stereocenters. The van der Waals surface area contributed by atoms with Crippen molar-refractivity contribution in [2.24, 2.45) is 0 Å². The average Bonchev–Trinajstić information content (AvgIpc) is 3.33. The summed E-state index contributed by atoms with van der Waals surface area (Å²) < 4.78 is 5.89. The summed E-state index contributed by atoms with van der Waals surface area (Å²) in [6, 6.07) is 22.7. The lowest BCUT2D eigenvalue weighted by Gasteiger charge is -2.15. The predicted molar refractivity (Wildman–Crippen MR) is 125 cm³/mol. The minimum absolute atomic E-state index is 0.0130. The summed E-state index contributed by atoms with van der Waals surface area (Å²) >= 11 is 0. The molecule has 3 aromatic rings. The highest BCUT2D eigenvalue weighted by atomic mass is 16.6. The molecule has 1 N–H and O–H groups in total. The second-order valence-corrected chi connectivity index (χ2v) is 7.82. The van der Waals surface area contributed by atoms with Crippen LogP contribution in [0.5, 0.6) is 11.5 Å². The topological polar surface area (TPSA) is 75.8 Å². The van der Waals surface area contributed by atoms with Gasteiger partial charge in [0.2, 0.25) is 0 Å². The summed E-state index contributed by atoms with van der Waals surface area (Å²) in [5, 5.41) is 21.9. The lowest BCUT2D eigenvalue weighted by molar-refractivity contribution is -0.374. The molecule has 0 atom stereocenters. The van der Waals surface area contributed by atoms with E-state index in [9.17, 15) is 15.2 Å². The van der Waals surface area contributed by atoms with Gasteiger partial charge in [0.1, 0.15) is 18.1 Å². The van der Waals surface area contributed by atoms with Gasteiger partial charge in [-0.05, 0) is 73.5 Å². The Balaban J connectivity index is 1.67. The molecule has 3 aromatic carbocycles. The first-order valence-corrected chi connectivity index (χ1v) is 10.8.